The third kappa shape index (κ3) is 4.44. The molecular weight excluding hydrogens is 284 g/mol. The number of hydrogen-bond donors (Lipinski definition) is 1. The number of benzene rings is 1. The molecule has 1 aromatic carbocycles. The Balaban J connectivity index is 2.73. The van der Waals surface area contributed by atoms with Crippen LogP contribution >= 0.6 is 15.9 Å². The molecule has 0 aliphatic carbocycles. The second kappa shape index (κ2) is 6.71. The van der Waals surface area contributed by atoms with E-state index in [9.17, 15) is 10.1 Å². The maximum atomic E-state index is 10.9. The van der Waals surface area contributed by atoms with E-state index in [0.29, 0.717) is 12.6 Å². The van der Waals surface area contributed by atoms with Crippen LogP contribution in [0.4, 0.5) is 5.69 Å². The van der Waals surface area contributed by atoms with E-state index in [1.165, 1.54) is 0 Å². The van der Waals surface area contributed by atoms with Crippen LogP contribution in [-0.2, 0) is 6.54 Å². The van der Waals surface area contributed by atoms with Crippen LogP contribution in [0.25, 0.3) is 0 Å². The first-order valence-electron chi connectivity index (χ1n) is 5.70. The Morgan fingerprint density at radius 2 is 2.24 bits per heavy atom. The number of hydrogen-bond acceptors (Lipinski definition) is 3. The molecule has 0 aliphatic rings. The minimum atomic E-state index is -0.341. The molecule has 1 atom stereocenters. The second-order valence-corrected chi connectivity index (χ2v) is 5.02. The van der Waals surface area contributed by atoms with Crippen molar-refractivity contribution in [3.05, 3.63) is 38.3 Å². The lowest BCUT2D eigenvalue weighted by Crippen LogP contribution is -2.25. The maximum absolute atomic E-state index is 10.9. The molecule has 94 valence electrons. The molecule has 0 aromatic heterocycles. The molecule has 0 heterocycles. The zero-order chi connectivity index (χ0) is 12.8. The highest BCUT2D eigenvalue weighted by atomic mass is 79.9. The summed E-state index contributed by atoms with van der Waals surface area (Å²) in [6.07, 6.45) is 2.18. The minimum Gasteiger partial charge on any atom is -0.310 e. The molecule has 1 unspecified atom stereocenters. The van der Waals surface area contributed by atoms with Gasteiger partial charge in [0.1, 0.15) is 0 Å². The van der Waals surface area contributed by atoms with E-state index in [1.807, 2.05) is 6.07 Å². The second-order valence-electron chi connectivity index (χ2n) is 4.10. The predicted octanol–water partition coefficient (Wildman–Crippen LogP) is 3.64. The molecule has 1 aromatic rings. The summed E-state index contributed by atoms with van der Waals surface area (Å²) in [5, 5.41) is 14.2. The Bertz CT molecular complexity index is 396. The molecule has 0 saturated carbocycles. The number of nitro groups is 1. The minimum absolute atomic E-state index is 0.163. The highest BCUT2D eigenvalue weighted by Crippen LogP contribution is 2.23. The summed E-state index contributed by atoms with van der Waals surface area (Å²) in [7, 11) is 0. The van der Waals surface area contributed by atoms with Crippen molar-refractivity contribution >= 4 is 21.6 Å². The first-order chi connectivity index (χ1) is 8.04. The molecule has 5 heteroatoms. The van der Waals surface area contributed by atoms with Gasteiger partial charge in [-0.05, 0) is 25.5 Å². The van der Waals surface area contributed by atoms with Gasteiger partial charge in [-0.25, -0.2) is 0 Å². The summed E-state index contributed by atoms with van der Waals surface area (Å²) in [5.74, 6) is 0. The van der Waals surface area contributed by atoms with Crippen molar-refractivity contribution in [2.75, 3.05) is 0 Å². The van der Waals surface area contributed by atoms with Crippen LogP contribution in [-0.4, -0.2) is 11.0 Å². The fourth-order valence-corrected chi connectivity index (χ4v) is 2.02. The number of halogens is 1. The van der Waals surface area contributed by atoms with Crippen LogP contribution in [0.15, 0.2) is 22.7 Å². The smallest absolute Gasteiger partial charge is 0.275 e. The monoisotopic (exact) mass is 300 g/mol. The van der Waals surface area contributed by atoms with Gasteiger partial charge in [-0.2, -0.15) is 0 Å². The van der Waals surface area contributed by atoms with Crippen molar-refractivity contribution in [3.8, 4) is 0 Å². The number of nitrogens with zero attached hydrogens (tertiary/aromatic N) is 1. The zero-order valence-electron chi connectivity index (χ0n) is 10.1. The lowest BCUT2D eigenvalue weighted by molar-refractivity contribution is -0.385. The van der Waals surface area contributed by atoms with Crippen molar-refractivity contribution in [1.29, 1.82) is 0 Å². The molecule has 0 aliphatic heterocycles. The number of nitrogens with one attached hydrogen (secondary N) is 1. The predicted molar refractivity (Wildman–Crippen MR) is 72.0 cm³/mol. The Kier molecular flexibility index (Phi) is 5.58. The van der Waals surface area contributed by atoms with Crippen molar-refractivity contribution in [3.63, 3.8) is 0 Å². The van der Waals surface area contributed by atoms with Gasteiger partial charge >= 0.3 is 0 Å². The summed E-state index contributed by atoms with van der Waals surface area (Å²) in [4.78, 5) is 10.6. The largest absolute Gasteiger partial charge is 0.310 e. The highest BCUT2D eigenvalue weighted by molar-refractivity contribution is 9.10. The number of nitro benzene ring substituents is 1. The van der Waals surface area contributed by atoms with Gasteiger partial charge in [-0.15, -0.1) is 0 Å². The van der Waals surface area contributed by atoms with Crippen LogP contribution in [0.5, 0.6) is 0 Å². The summed E-state index contributed by atoms with van der Waals surface area (Å²) in [6, 6.07) is 5.53. The van der Waals surface area contributed by atoms with Crippen molar-refractivity contribution in [1.82, 2.24) is 5.32 Å². The van der Waals surface area contributed by atoms with E-state index in [1.54, 1.807) is 12.1 Å². The van der Waals surface area contributed by atoms with Gasteiger partial charge in [-0.1, -0.05) is 29.3 Å². The van der Waals surface area contributed by atoms with E-state index < -0.39 is 0 Å². The van der Waals surface area contributed by atoms with E-state index in [-0.39, 0.29) is 10.6 Å². The van der Waals surface area contributed by atoms with Crippen LogP contribution in [0, 0.1) is 10.1 Å². The molecule has 0 fully saturated rings. The molecule has 0 spiro atoms. The molecule has 17 heavy (non-hydrogen) atoms. The third-order valence-electron chi connectivity index (χ3n) is 2.61. The molecule has 0 amide bonds. The van der Waals surface area contributed by atoms with Crippen molar-refractivity contribution in [2.24, 2.45) is 0 Å². The van der Waals surface area contributed by atoms with Crippen LogP contribution < -0.4 is 5.32 Å². The maximum Gasteiger partial charge on any atom is 0.275 e. The van der Waals surface area contributed by atoms with E-state index in [2.05, 4.69) is 35.1 Å². The van der Waals surface area contributed by atoms with Gasteiger partial charge in [-0.3, -0.25) is 10.1 Å². The van der Waals surface area contributed by atoms with Crippen molar-refractivity contribution < 1.29 is 4.92 Å². The summed E-state index contributed by atoms with van der Waals surface area (Å²) < 4.78 is 0.731. The van der Waals surface area contributed by atoms with E-state index in [0.717, 1.165) is 22.9 Å². The average Bonchev–Trinajstić information content (AvgIpc) is 2.27. The van der Waals surface area contributed by atoms with Gasteiger partial charge in [0.25, 0.3) is 5.69 Å². The molecular formula is C12H17BrN2O2. The van der Waals surface area contributed by atoms with Crippen LogP contribution in [0.1, 0.15) is 32.3 Å². The fraction of sp³-hybridized carbons (Fsp3) is 0.500. The van der Waals surface area contributed by atoms with Gasteiger partial charge in [0, 0.05) is 28.7 Å². The quantitative estimate of drug-likeness (QED) is 0.644. The Morgan fingerprint density at radius 1 is 1.53 bits per heavy atom. The lowest BCUT2D eigenvalue weighted by Gasteiger charge is -2.12. The topological polar surface area (TPSA) is 55.2 Å². The molecule has 4 nitrogen and oxygen atoms in total. The van der Waals surface area contributed by atoms with Crippen molar-refractivity contribution in [2.45, 2.75) is 39.3 Å². The number of rotatable bonds is 6. The Labute approximate surface area is 110 Å². The first kappa shape index (κ1) is 14.1. The molecule has 1 rings (SSSR count). The summed E-state index contributed by atoms with van der Waals surface area (Å²) in [5.41, 5.74) is 0.886. The van der Waals surface area contributed by atoms with E-state index in [4.69, 9.17) is 0 Å². The summed E-state index contributed by atoms with van der Waals surface area (Å²) in [6.45, 7) is 4.75. The lowest BCUT2D eigenvalue weighted by atomic mass is 10.1. The molecule has 0 radical (unpaired) electrons. The van der Waals surface area contributed by atoms with Gasteiger partial charge in [0.15, 0.2) is 0 Å². The Morgan fingerprint density at radius 3 is 2.82 bits per heavy atom. The SMILES string of the molecule is CCCC(C)NCc1ccc(Br)cc1[N+](=O)[O-]. The standard InChI is InChI=1S/C12H17BrN2O2/c1-3-4-9(2)14-8-10-5-6-11(13)7-12(10)15(16)17/h5-7,9,14H,3-4,8H2,1-2H3. The molecule has 0 saturated heterocycles. The molecule has 1 N–H and O–H groups in total. The van der Waals surface area contributed by atoms with E-state index >= 15 is 0 Å². The van der Waals surface area contributed by atoms with Gasteiger partial charge in [0.2, 0.25) is 0 Å². The van der Waals surface area contributed by atoms with Crippen LogP contribution in [0.3, 0.4) is 0 Å². The average molecular weight is 301 g/mol. The van der Waals surface area contributed by atoms with Crippen LogP contribution in [0.2, 0.25) is 0 Å². The zero-order valence-corrected chi connectivity index (χ0v) is 11.7. The first-order valence-corrected chi connectivity index (χ1v) is 6.50. The van der Waals surface area contributed by atoms with Gasteiger partial charge in [0.05, 0.1) is 4.92 Å². The normalized spacial score (nSPS) is 12.4. The Hall–Kier alpha value is -0.940. The van der Waals surface area contributed by atoms with Gasteiger partial charge < -0.3 is 5.32 Å². The fourth-order valence-electron chi connectivity index (χ4n) is 1.68. The molecule has 0 bridgehead atoms. The summed E-state index contributed by atoms with van der Waals surface area (Å²) >= 11 is 3.24. The third-order valence-corrected chi connectivity index (χ3v) is 3.10. The highest BCUT2D eigenvalue weighted by Gasteiger charge is 2.14.